The molecule has 4 nitrogen and oxygen atoms in total. The monoisotopic (exact) mass is 416 g/mol. The van der Waals surface area contributed by atoms with Crippen LogP contribution in [0.25, 0.3) is 20.7 Å². The van der Waals surface area contributed by atoms with E-state index in [4.69, 9.17) is 23.2 Å². The van der Waals surface area contributed by atoms with Gasteiger partial charge in [0.15, 0.2) is 0 Å². The van der Waals surface area contributed by atoms with Crippen LogP contribution in [0.3, 0.4) is 0 Å². The van der Waals surface area contributed by atoms with E-state index in [2.05, 4.69) is 4.98 Å². The number of nitrogens with zero attached hydrogens (tertiary/aromatic N) is 1. The molecule has 0 fully saturated rings. The van der Waals surface area contributed by atoms with Crippen molar-refractivity contribution < 1.29 is 0 Å². The van der Waals surface area contributed by atoms with Crippen molar-refractivity contribution in [1.82, 2.24) is 9.55 Å². The molecule has 0 radical (unpaired) electrons. The summed E-state index contributed by atoms with van der Waals surface area (Å²) in [4.78, 5) is 29.8. The van der Waals surface area contributed by atoms with Crippen LogP contribution in [0.1, 0.15) is 11.1 Å². The number of rotatable bonds is 3. The summed E-state index contributed by atoms with van der Waals surface area (Å²) in [5, 5.41) is 1.44. The van der Waals surface area contributed by atoms with Crippen LogP contribution < -0.4 is 11.2 Å². The molecule has 27 heavy (non-hydrogen) atoms. The minimum Gasteiger partial charge on any atom is -0.298 e. The third-order valence-corrected chi connectivity index (χ3v) is 6.43. The quantitative estimate of drug-likeness (QED) is 0.505. The molecule has 0 amide bonds. The minimum atomic E-state index is -0.418. The number of fused-ring (bicyclic) bond motifs is 1. The molecule has 0 saturated heterocycles. The van der Waals surface area contributed by atoms with Crippen molar-refractivity contribution in [3.05, 3.63) is 90.5 Å². The SMILES string of the molecule is Cc1c(-c2ccc(Cl)c(Cl)c2)sc2[nH]c(=O)n(Cc3ccccc3)c(=O)c12. The predicted octanol–water partition coefficient (Wildman–Crippen LogP) is 5.08. The first kappa shape index (κ1) is 18.0. The van der Waals surface area contributed by atoms with E-state index in [1.54, 1.807) is 12.1 Å². The molecular weight excluding hydrogens is 403 g/mol. The average Bonchev–Trinajstić information content (AvgIpc) is 2.98. The third-order valence-electron chi connectivity index (χ3n) is 4.44. The lowest BCUT2D eigenvalue weighted by atomic mass is 10.1. The van der Waals surface area contributed by atoms with Gasteiger partial charge in [0.2, 0.25) is 0 Å². The summed E-state index contributed by atoms with van der Waals surface area (Å²) in [6.45, 7) is 2.10. The first-order valence-corrected chi connectivity index (χ1v) is 9.78. The number of hydrogen-bond donors (Lipinski definition) is 1. The van der Waals surface area contributed by atoms with E-state index in [9.17, 15) is 9.59 Å². The Balaban J connectivity index is 1.90. The van der Waals surface area contributed by atoms with Crippen LogP contribution in [0.5, 0.6) is 0 Å². The fourth-order valence-electron chi connectivity index (χ4n) is 3.07. The zero-order chi connectivity index (χ0) is 19.1. The van der Waals surface area contributed by atoms with E-state index >= 15 is 0 Å². The number of thiophene rings is 1. The van der Waals surface area contributed by atoms with E-state index in [-0.39, 0.29) is 12.1 Å². The molecule has 2 aromatic heterocycles. The lowest BCUT2D eigenvalue weighted by Gasteiger charge is -2.05. The summed E-state index contributed by atoms with van der Waals surface area (Å²) in [5.74, 6) is 0. The first-order chi connectivity index (χ1) is 13.0. The summed E-state index contributed by atoms with van der Waals surface area (Å²) in [7, 11) is 0. The summed E-state index contributed by atoms with van der Waals surface area (Å²) in [6.07, 6.45) is 0. The number of aryl methyl sites for hydroxylation is 1. The van der Waals surface area contributed by atoms with Crippen molar-refractivity contribution in [2.45, 2.75) is 13.5 Å². The van der Waals surface area contributed by atoms with Gasteiger partial charge in [0.1, 0.15) is 4.83 Å². The fraction of sp³-hybridized carbons (Fsp3) is 0.100. The van der Waals surface area contributed by atoms with Crippen LogP contribution in [-0.4, -0.2) is 9.55 Å². The molecule has 0 atom stereocenters. The number of nitrogens with one attached hydrogen (secondary N) is 1. The molecule has 0 aliphatic rings. The Bertz CT molecular complexity index is 1270. The van der Waals surface area contributed by atoms with E-state index in [1.165, 1.54) is 15.9 Å². The van der Waals surface area contributed by atoms with Gasteiger partial charge in [-0.05, 0) is 35.7 Å². The predicted molar refractivity (Wildman–Crippen MR) is 112 cm³/mol. The number of benzene rings is 2. The van der Waals surface area contributed by atoms with Crippen molar-refractivity contribution in [1.29, 1.82) is 0 Å². The Hall–Kier alpha value is -2.34. The molecule has 2 aromatic carbocycles. The first-order valence-electron chi connectivity index (χ1n) is 8.21. The van der Waals surface area contributed by atoms with Crippen molar-refractivity contribution in [3.8, 4) is 10.4 Å². The van der Waals surface area contributed by atoms with Gasteiger partial charge < -0.3 is 0 Å². The van der Waals surface area contributed by atoms with Gasteiger partial charge in [-0.3, -0.25) is 14.3 Å². The number of aromatic nitrogens is 2. The maximum Gasteiger partial charge on any atom is 0.329 e. The Labute approximate surface area is 168 Å². The van der Waals surface area contributed by atoms with Gasteiger partial charge in [-0.15, -0.1) is 11.3 Å². The number of hydrogen-bond acceptors (Lipinski definition) is 3. The number of aromatic amines is 1. The van der Waals surface area contributed by atoms with Crippen LogP contribution in [0.4, 0.5) is 0 Å². The molecule has 4 aromatic rings. The van der Waals surface area contributed by atoms with E-state index in [0.717, 1.165) is 21.6 Å². The highest BCUT2D eigenvalue weighted by Crippen LogP contribution is 2.37. The smallest absolute Gasteiger partial charge is 0.298 e. The highest BCUT2D eigenvalue weighted by molar-refractivity contribution is 7.22. The molecule has 4 rings (SSSR count). The van der Waals surface area contributed by atoms with Crippen molar-refractivity contribution >= 4 is 44.8 Å². The minimum absolute atomic E-state index is 0.225. The van der Waals surface area contributed by atoms with Gasteiger partial charge in [-0.1, -0.05) is 59.6 Å². The average molecular weight is 417 g/mol. The topological polar surface area (TPSA) is 54.9 Å². The third kappa shape index (κ3) is 3.23. The molecule has 0 bridgehead atoms. The molecule has 2 heterocycles. The zero-order valence-corrected chi connectivity index (χ0v) is 16.6. The van der Waals surface area contributed by atoms with E-state index in [0.29, 0.717) is 20.3 Å². The molecule has 0 aliphatic carbocycles. The van der Waals surface area contributed by atoms with Gasteiger partial charge in [-0.2, -0.15) is 0 Å². The van der Waals surface area contributed by atoms with Crippen molar-refractivity contribution in [3.63, 3.8) is 0 Å². The van der Waals surface area contributed by atoms with Gasteiger partial charge in [0.25, 0.3) is 5.56 Å². The van der Waals surface area contributed by atoms with Crippen LogP contribution >= 0.6 is 34.5 Å². The van der Waals surface area contributed by atoms with Gasteiger partial charge >= 0.3 is 5.69 Å². The second-order valence-electron chi connectivity index (χ2n) is 6.20. The molecule has 0 aliphatic heterocycles. The molecule has 0 unspecified atom stereocenters. The Morgan fingerprint density at radius 3 is 2.48 bits per heavy atom. The standard InChI is InChI=1S/C20H14Cl2N2O2S/c1-11-16-18(27-17(11)13-7-8-14(21)15(22)9-13)23-20(26)24(19(16)25)10-12-5-3-2-4-6-12/h2-9H,10H2,1H3,(H,23,26). The summed E-state index contributed by atoms with van der Waals surface area (Å²) < 4.78 is 1.23. The maximum atomic E-state index is 13.0. The lowest BCUT2D eigenvalue weighted by molar-refractivity contribution is 0.712. The maximum absolute atomic E-state index is 13.0. The summed E-state index contributed by atoms with van der Waals surface area (Å²) in [5.41, 5.74) is 1.85. The van der Waals surface area contributed by atoms with E-state index in [1.807, 2.05) is 43.3 Å². The van der Waals surface area contributed by atoms with Crippen LogP contribution in [0.2, 0.25) is 10.0 Å². The van der Waals surface area contributed by atoms with Gasteiger partial charge in [-0.25, -0.2) is 4.79 Å². The van der Waals surface area contributed by atoms with Crippen molar-refractivity contribution in [2.24, 2.45) is 0 Å². The molecule has 1 N–H and O–H groups in total. The van der Waals surface area contributed by atoms with Gasteiger partial charge in [0.05, 0.1) is 22.0 Å². The molecule has 0 saturated carbocycles. The molecule has 136 valence electrons. The highest BCUT2D eigenvalue weighted by Gasteiger charge is 2.17. The Kier molecular flexibility index (Phi) is 4.68. The van der Waals surface area contributed by atoms with E-state index < -0.39 is 5.69 Å². The van der Waals surface area contributed by atoms with Gasteiger partial charge in [0, 0.05) is 4.88 Å². The normalized spacial score (nSPS) is 11.2. The fourth-order valence-corrected chi connectivity index (χ4v) is 4.56. The largest absolute Gasteiger partial charge is 0.329 e. The Morgan fingerprint density at radius 1 is 1.04 bits per heavy atom. The number of H-pyrrole nitrogens is 1. The second-order valence-corrected chi connectivity index (χ2v) is 8.03. The van der Waals surface area contributed by atoms with Crippen LogP contribution in [0.15, 0.2) is 58.1 Å². The second kappa shape index (κ2) is 7.00. The number of halogens is 2. The Morgan fingerprint density at radius 2 is 1.78 bits per heavy atom. The summed E-state index contributed by atoms with van der Waals surface area (Å²) in [6, 6.07) is 14.8. The van der Waals surface area contributed by atoms with Crippen molar-refractivity contribution in [2.75, 3.05) is 0 Å². The van der Waals surface area contributed by atoms with Crippen LogP contribution in [0, 0.1) is 6.92 Å². The highest BCUT2D eigenvalue weighted by atomic mass is 35.5. The molecular formula is C20H14Cl2N2O2S. The van der Waals surface area contributed by atoms with Crippen LogP contribution in [-0.2, 0) is 6.54 Å². The summed E-state index contributed by atoms with van der Waals surface area (Å²) >= 11 is 13.5. The zero-order valence-electron chi connectivity index (χ0n) is 14.3. The molecule has 0 spiro atoms. The lowest BCUT2D eigenvalue weighted by Crippen LogP contribution is -2.35. The molecule has 7 heteroatoms.